The van der Waals surface area contributed by atoms with Gasteiger partial charge in [-0.15, -0.1) is 0 Å². The Morgan fingerprint density at radius 3 is 1.10 bits per heavy atom. The third-order valence-electron chi connectivity index (χ3n) is 29.4. The van der Waals surface area contributed by atoms with E-state index >= 15 is 0 Å². The van der Waals surface area contributed by atoms with E-state index in [1.54, 1.807) is 0 Å². The van der Waals surface area contributed by atoms with E-state index in [9.17, 15) is 24.0 Å². The fourth-order valence-corrected chi connectivity index (χ4v) is 20.2. The zero-order valence-electron chi connectivity index (χ0n) is 86.6. The number of hydrogen-bond acceptors (Lipinski definition) is 19. The molecule has 3 aromatic carbocycles. The summed E-state index contributed by atoms with van der Waals surface area (Å²) < 4.78 is 18.2. The predicted octanol–water partition coefficient (Wildman–Crippen LogP) is 24.4. The minimum atomic E-state index is -0.231. The highest BCUT2D eigenvalue weighted by Crippen LogP contribution is 2.62. The minimum absolute atomic E-state index is 0.00222. The third-order valence-corrected chi connectivity index (χ3v) is 29.4. The monoisotopic (exact) mass is 1940 g/mol. The summed E-state index contributed by atoms with van der Waals surface area (Å²) in [6.45, 7) is 38.4. The van der Waals surface area contributed by atoms with Crippen LogP contribution >= 0.6 is 0 Å². The summed E-state index contributed by atoms with van der Waals surface area (Å²) >= 11 is 0. The predicted molar refractivity (Wildman–Crippen MR) is 572 cm³/mol. The number of benzene rings is 3. The van der Waals surface area contributed by atoms with Crippen LogP contribution in [0.5, 0.6) is 5.75 Å². The van der Waals surface area contributed by atoms with Gasteiger partial charge in [0.05, 0.1) is 5.92 Å². The summed E-state index contributed by atoms with van der Waals surface area (Å²) in [6.07, 6.45) is 23.8. The Balaban J connectivity index is 0.000000119. The highest BCUT2D eigenvalue weighted by molar-refractivity contribution is 5.97. The van der Waals surface area contributed by atoms with Crippen LogP contribution in [0, 0.1) is 82.0 Å². The number of ether oxygens (including phenoxy) is 1. The molecule has 2 bridgehead atoms. The Kier molecular flexibility index (Phi) is 31.4. The first-order valence-electron chi connectivity index (χ1n) is 52.0. The Morgan fingerprint density at radius 1 is 0.396 bits per heavy atom. The van der Waals surface area contributed by atoms with Gasteiger partial charge in [-0.1, -0.05) is 148 Å². The second kappa shape index (κ2) is 44.5. The Labute approximate surface area is 844 Å². The molecule has 6 N–H and O–H groups in total. The summed E-state index contributed by atoms with van der Waals surface area (Å²) in [6, 6.07) is 54.9. The quantitative estimate of drug-likeness (QED) is 0.0293. The third kappa shape index (κ3) is 23.9. The number of hydrogen-bond donors (Lipinski definition) is 6. The second-order valence-electron chi connectivity index (χ2n) is 43.0. The summed E-state index contributed by atoms with van der Waals surface area (Å²) in [5, 5.41) is 18.4. The number of anilines is 6. The standard InChI is InChI=1S/C22H30N4O.2C20H22N4O.C19H20N4O2.C18H28N4.C15H20N4O/c1-13-7-10-18-20(23-13)26(16-5-4-6-16)21(24-18)25-19(27)11-14-8-9-15-12-17(14)22(15,2)3;1-13-11-12-17-18(21-13)24(16-9-6-10-16)20(22-17)23-19(25)14(2)15-7-4-3-5-8-15;1-14-10-12-17-19(21-14)24(16-8-5-9-16)20(22-17)23-18(25)13-11-15-6-3-2-4-7-15;1-13-10-11-16-18(20-13)23(14-6-5-7-14)19(21-16)22-17(24)12-25-15-8-3-2-4-9-15;1-12(2)11-22-16-15(9-8-13(3)19-16)21-17(22)20-14(4)10-18(5,6)7;1-9(2)14(20)18-15-17-12-8-7-10(3)16-13(12)19(15)11-5-4-6-11/h7,10,14-17H,4-6,8-9,11-12H2,1-3H3,(H,24,25,27);3-5,7-8,11-12,14,16H,6,9-10H2,1-2H3,(H,22,23,25);2-4,6-7,10,12,16H,5,8-9,11,13H2,1H3,(H,22,23,25);2-4,8-11,14H,5-7,12H2,1H3,(H,21,22,24);8-9,12H,4,10-11H2,1-3,5-7H3,(H,20,21);7-9,11H,4-6H2,1-3H3,(H,17,18,20). The maximum Gasteiger partial charge on any atom is 0.264 e. The van der Waals surface area contributed by atoms with E-state index in [2.05, 4.69) is 159 Å². The lowest BCUT2D eigenvalue weighted by Gasteiger charge is -2.60. The van der Waals surface area contributed by atoms with Crippen molar-refractivity contribution in [2.45, 2.75) is 295 Å². The van der Waals surface area contributed by atoms with Crippen molar-refractivity contribution in [1.82, 2.24) is 87.2 Å². The molecule has 8 aliphatic rings. The van der Waals surface area contributed by atoms with Crippen molar-refractivity contribution in [1.29, 1.82) is 0 Å². The lowest BCUT2D eigenvalue weighted by Crippen LogP contribution is -2.52. The Hall–Kier alpha value is -13.9. The lowest BCUT2D eigenvalue weighted by atomic mass is 9.45. The molecule has 30 nitrogen and oxygen atoms in total. The number of carbonyl (C=O) groups is 5. The molecule has 0 aliphatic heterocycles. The number of pyridine rings is 6. The maximum absolute atomic E-state index is 12.9. The fourth-order valence-electron chi connectivity index (χ4n) is 20.2. The molecule has 8 aliphatic carbocycles. The highest BCUT2D eigenvalue weighted by Gasteiger charge is 2.54. The van der Waals surface area contributed by atoms with Crippen molar-refractivity contribution in [2.24, 2.45) is 40.4 Å². The number of amides is 5. The number of nitrogens with one attached hydrogen (secondary N) is 6. The number of aromatic nitrogens is 18. The Morgan fingerprint density at radius 2 is 0.743 bits per heavy atom. The van der Waals surface area contributed by atoms with Crippen LogP contribution in [-0.2, 0) is 36.9 Å². The second-order valence-corrected chi connectivity index (χ2v) is 43.0. The van der Waals surface area contributed by atoms with Crippen LogP contribution in [0.1, 0.15) is 285 Å². The van der Waals surface area contributed by atoms with Gasteiger partial charge >= 0.3 is 0 Å². The van der Waals surface area contributed by atoms with Crippen LogP contribution in [0.15, 0.2) is 176 Å². The van der Waals surface area contributed by atoms with Gasteiger partial charge < -0.3 is 10.1 Å². The summed E-state index contributed by atoms with van der Waals surface area (Å²) in [5.74, 6) is 6.84. The van der Waals surface area contributed by atoms with Crippen molar-refractivity contribution in [3.63, 3.8) is 0 Å². The van der Waals surface area contributed by atoms with Crippen LogP contribution in [0.2, 0.25) is 0 Å². The molecule has 8 fully saturated rings. The molecule has 4 unspecified atom stereocenters. The first-order chi connectivity index (χ1) is 69.2. The zero-order valence-corrected chi connectivity index (χ0v) is 86.6. The molecule has 12 heterocycles. The fraction of sp³-hybridized carbons (Fsp3) is 0.465. The van der Waals surface area contributed by atoms with Gasteiger partial charge in [0.15, 0.2) is 40.5 Å². The molecule has 8 saturated carbocycles. The molecule has 144 heavy (non-hydrogen) atoms. The molecule has 30 heteroatoms. The number of aryl methyl sites for hydroxylation is 7. The van der Waals surface area contributed by atoms with Gasteiger partial charge in [-0.3, -0.25) is 78.0 Å². The largest absolute Gasteiger partial charge is 0.484 e. The van der Waals surface area contributed by atoms with Gasteiger partial charge in [0.1, 0.15) is 38.8 Å². The number of allylic oxidation sites excluding steroid dienone is 1. The van der Waals surface area contributed by atoms with Crippen LogP contribution < -0.4 is 36.6 Å². The van der Waals surface area contributed by atoms with Crippen LogP contribution in [0.4, 0.5) is 35.7 Å². The first-order valence-corrected chi connectivity index (χ1v) is 52.0. The van der Waals surface area contributed by atoms with E-state index < -0.39 is 0 Å². The molecular weight excluding hydrogens is 1800 g/mol. The van der Waals surface area contributed by atoms with Crippen LogP contribution in [0.3, 0.4) is 0 Å². The number of imidazole rings is 6. The molecule has 5 amide bonds. The van der Waals surface area contributed by atoms with Crippen molar-refractivity contribution in [3.05, 3.63) is 221 Å². The van der Waals surface area contributed by atoms with Gasteiger partial charge in [-0.2, -0.15) is 0 Å². The molecule has 12 aromatic heterocycles. The van der Waals surface area contributed by atoms with Gasteiger partial charge in [-0.25, -0.2) is 59.8 Å². The minimum Gasteiger partial charge on any atom is -0.484 e. The molecule has 15 aromatic rings. The van der Waals surface area contributed by atoms with Crippen LogP contribution in [0.25, 0.3) is 67.0 Å². The average Bonchev–Trinajstić information content (AvgIpc) is 1.11. The van der Waals surface area contributed by atoms with Crippen LogP contribution in [-0.4, -0.2) is 123 Å². The average molecular weight is 1940 g/mol. The molecule has 0 saturated heterocycles. The molecule has 754 valence electrons. The smallest absolute Gasteiger partial charge is 0.264 e. The lowest BCUT2D eigenvalue weighted by molar-refractivity contribution is -0.129. The highest BCUT2D eigenvalue weighted by atomic mass is 16.5. The summed E-state index contributed by atoms with van der Waals surface area (Å²) in [7, 11) is 0. The van der Waals surface area contributed by atoms with Gasteiger partial charge in [0.25, 0.3) is 5.91 Å². The number of fused-ring (bicyclic) bond motifs is 8. The number of carbonyl (C=O) groups excluding carboxylic acids is 5. The molecular formula is C114H142N24O6. The Bertz CT molecular complexity index is 6950. The van der Waals surface area contributed by atoms with Gasteiger partial charge in [0, 0.05) is 95.4 Å². The molecule has 4 atom stereocenters. The maximum atomic E-state index is 12.9. The molecule has 23 rings (SSSR count). The van der Waals surface area contributed by atoms with E-state index in [1.165, 1.54) is 56.9 Å². The first kappa shape index (κ1) is 102. The van der Waals surface area contributed by atoms with E-state index in [0.717, 1.165) is 208 Å². The number of rotatable bonds is 26. The van der Waals surface area contributed by atoms with E-state index in [4.69, 9.17) is 19.7 Å². The van der Waals surface area contributed by atoms with Crippen molar-refractivity contribution >= 4 is 132 Å². The molecule has 0 radical (unpaired) electrons. The number of para-hydroxylation sites is 1. The molecule has 0 spiro atoms. The topological polar surface area (TPSA) is 351 Å². The summed E-state index contributed by atoms with van der Waals surface area (Å²) in [5.41, 5.74) is 20.1. The van der Waals surface area contributed by atoms with Crippen molar-refractivity contribution in [2.75, 3.05) is 38.5 Å². The zero-order chi connectivity index (χ0) is 101. The SMILES string of the molecule is C=C(CC(C)(C)C)Nc1nc2ccc(C)nc2n1CC(C)C.Cc1ccc2nc(NC(=O)C(C)C)n(C3CCC3)c2n1.Cc1ccc2nc(NC(=O)C(C)c3ccccc3)n(C3CCC3)c2n1.Cc1ccc2nc(NC(=O)CC3CCC4CC3C4(C)C)n(C3CCC3)c2n1.Cc1ccc2nc(NC(=O)CCc3ccccc3)n(C3CCC3)c2n1.Cc1ccc2nc(NC(=O)COc3ccccc3)n(C3CCC3)c2n1. The van der Waals surface area contributed by atoms with E-state index in [1.807, 2.05) is 226 Å². The van der Waals surface area contributed by atoms with Crippen molar-refractivity contribution in [3.8, 4) is 5.75 Å². The van der Waals surface area contributed by atoms with E-state index in [0.29, 0.717) is 102 Å². The normalized spacial score (nSPS) is 17.2. The van der Waals surface area contributed by atoms with E-state index in [-0.39, 0.29) is 53.4 Å². The van der Waals surface area contributed by atoms with Gasteiger partial charge in [-0.05, 0) is 307 Å². The van der Waals surface area contributed by atoms with Crippen molar-refractivity contribution < 1.29 is 28.7 Å². The summed E-state index contributed by atoms with van der Waals surface area (Å²) in [4.78, 5) is 118. The van der Waals surface area contributed by atoms with Gasteiger partial charge in [0.2, 0.25) is 59.3 Å². The number of nitrogens with zero attached hydrogens (tertiary/aromatic N) is 18.